The third-order valence-corrected chi connectivity index (χ3v) is 8.14. The van der Waals surface area contributed by atoms with E-state index in [4.69, 9.17) is 21.3 Å². The van der Waals surface area contributed by atoms with E-state index in [-0.39, 0.29) is 31.4 Å². The third-order valence-electron chi connectivity index (χ3n) is 7.27. The quantitative estimate of drug-likeness (QED) is 0.169. The van der Waals surface area contributed by atoms with Crippen LogP contribution in [0.2, 0.25) is 5.02 Å². The van der Waals surface area contributed by atoms with Crippen molar-refractivity contribution in [1.29, 1.82) is 0 Å². The number of fused-ring (bicyclic) bond motifs is 1. The molecular formula is C30H32BrClF3N3O3. The van der Waals surface area contributed by atoms with Gasteiger partial charge in [-0.25, -0.2) is 18.2 Å². The van der Waals surface area contributed by atoms with Crippen molar-refractivity contribution in [2.24, 2.45) is 0 Å². The Labute approximate surface area is 250 Å². The Bertz CT molecular complexity index is 1440. The molecule has 0 spiro atoms. The van der Waals surface area contributed by atoms with Crippen molar-refractivity contribution < 1.29 is 27.5 Å². The SMILES string of the molecule is CCCC(F)OC(=O)CCC(CNC(=O)c1c(C)c(N2CCCC2)nc2ccc(Br)cc12)c1c(F)ccc(F)c1Cl. The molecule has 0 saturated carbocycles. The van der Waals surface area contributed by atoms with Crippen LogP contribution in [-0.4, -0.2) is 42.9 Å². The average Bonchev–Trinajstić information content (AvgIpc) is 3.46. The number of halogens is 5. The van der Waals surface area contributed by atoms with Crippen LogP contribution in [0, 0.1) is 18.6 Å². The zero-order valence-electron chi connectivity index (χ0n) is 22.9. The summed E-state index contributed by atoms with van der Waals surface area (Å²) in [6, 6.07) is 7.36. The number of amides is 1. The Morgan fingerprint density at radius 3 is 2.56 bits per heavy atom. The van der Waals surface area contributed by atoms with E-state index < -0.39 is 40.8 Å². The topological polar surface area (TPSA) is 71.5 Å². The number of rotatable bonds is 11. The molecule has 1 N–H and O–H groups in total. The zero-order chi connectivity index (χ0) is 29.7. The van der Waals surface area contributed by atoms with Gasteiger partial charge < -0.3 is 15.0 Å². The van der Waals surface area contributed by atoms with Crippen molar-refractivity contribution in [2.75, 3.05) is 24.5 Å². The number of benzene rings is 2. The van der Waals surface area contributed by atoms with Gasteiger partial charge in [0.1, 0.15) is 17.5 Å². The van der Waals surface area contributed by atoms with Gasteiger partial charge in [0, 0.05) is 59.4 Å². The summed E-state index contributed by atoms with van der Waals surface area (Å²) in [4.78, 5) is 33.0. The van der Waals surface area contributed by atoms with Gasteiger partial charge in [-0.15, -0.1) is 0 Å². The monoisotopic (exact) mass is 653 g/mol. The summed E-state index contributed by atoms with van der Waals surface area (Å²) in [6.45, 7) is 5.12. The number of esters is 1. The molecule has 11 heteroatoms. The first kappa shape index (κ1) is 31.1. The lowest BCUT2D eigenvalue weighted by atomic mass is 9.92. The van der Waals surface area contributed by atoms with Crippen LogP contribution in [0.4, 0.5) is 19.0 Å². The lowest BCUT2D eigenvalue weighted by Gasteiger charge is -2.23. The summed E-state index contributed by atoms with van der Waals surface area (Å²) in [6.07, 6.45) is 0.543. The Balaban J connectivity index is 1.63. The van der Waals surface area contributed by atoms with Crippen LogP contribution >= 0.6 is 27.5 Å². The molecule has 2 aromatic carbocycles. The van der Waals surface area contributed by atoms with Gasteiger partial charge in [-0.2, -0.15) is 0 Å². The van der Waals surface area contributed by atoms with Crippen LogP contribution in [-0.2, 0) is 9.53 Å². The number of hydrogen-bond donors (Lipinski definition) is 1. The number of nitrogens with one attached hydrogen (secondary N) is 1. The number of nitrogens with zero attached hydrogens (tertiary/aromatic N) is 2. The molecule has 1 aromatic heterocycles. The number of pyridine rings is 1. The van der Waals surface area contributed by atoms with Crippen LogP contribution in [0.5, 0.6) is 0 Å². The van der Waals surface area contributed by atoms with Gasteiger partial charge in [0.05, 0.1) is 16.1 Å². The van der Waals surface area contributed by atoms with Crippen molar-refractivity contribution in [2.45, 2.75) is 64.6 Å². The second kappa shape index (κ2) is 13.9. The molecule has 0 bridgehead atoms. The molecule has 1 aliphatic rings. The third kappa shape index (κ3) is 7.33. The Hall–Kier alpha value is -2.85. The van der Waals surface area contributed by atoms with Crippen LogP contribution < -0.4 is 10.2 Å². The van der Waals surface area contributed by atoms with Crippen molar-refractivity contribution in [1.82, 2.24) is 10.3 Å². The molecule has 2 unspecified atom stereocenters. The van der Waals surface area contributed by atoms with Gasteiger partial charge in [-0.1, -0.05) is 34.5 Å². The van der Waals surface area contributed by atoms with E-state index in [1.807, 2.05) is 25.1 Å². The molecule has 0 aliphatic carbocycles. The molecule has 1 aliphatic heterocycles. The zero-order valence-corrected chi connectivity index (χ0v) is 25.3. The number of anilines is 1. The molecule has 3 aromatic rings. The number of alkyl halides is 1. The minimum atomic E-state index is -1.74. The smallest absolute Gasteiger partial charge is 0.308 e. The highest BCUT2D eigenvalue weighted by Gasteiger charge is 2.27. The van der Waals surface area contributed by atoms with E-state index in [2.05, 4.69) is 26.1 Å². The molecule has 1 saturated heterocycles. The Morgan fingerprint density at radius 2 is 1.85 bits per heavy atom. The Kier molecular flexibility index (Phi) is 10.5. The summed E-state index contributed by atoms with van der Waals surface area (Å²) < 4.78 is 48.7. The second-order valence-corrected chi connectivity index (χ2v) is 11.5. The van der Waals surface area contributed by atoms with E-state index >= 15 is 0 Å². The first-order valence-corrected chi connectivity index (χ1v) is 14.9. The van der Waals surface area contributed by atoms with Gasteiger partial charge in [0.15, 0.2) is 0 Å². The van der Waals surface area contributed by atoms with Crippen LogP contribution in [0.15, 0.2) is 34.8 Å². The number of carbonyl (C=O) groups excluding carboxylic acids is 2. The maximum atomic E-state index is 14.9. The fourth-order valence-electron chi connectivity index (χ4n) is 5.20. The van der Waals surface area contributed by atoms with E-state index in [0.717, 1.165) is 48.4 Å². The minimum absolute atomic E-state index is 0.0568. The first-order valence-electron chi connectivity index (χ1n) is 13.7. The van der Waals surface area contributed by atoms with E-state index in [1.54, 1.807) is 6.92 Å². The Morgan fingerprint density at radius 1 is 1.15 bits per heavy atom. The van der Waals surface area contributed by atoms with Crippen LogP contribution in [0.3, 0.4) is 0 Å². The number of ether oxygens (including phenoxy) is 1. The van der Waals surface area contributed by atoms with Gasteiger partial charge >= 0.3 is 5.97 Å². The molecule has 2 atom stereocenters. The molecule has 4 rings (SSSR count). The number of aromatic nitrogens is 1. The normalized spacial score (nSPS) is 14.8. The lowest BCUT2D eigenvalue weighted by molar-refractivity contribution is -0.158. The van der Waals surface area contributed by atoms with Crippen molar-refractivity contribution >= 4 is 56.1 Å². The molecule has 2 heterocycles. The molecule has 220 valence electrons. The van der Waals surface area contributed by atoms with E-state index in [9.17, 15) is 22.8 Å². The van der Waals surface area contributed by atoms with Crippen molar-refractivity contribution in [3.05, 3.63) is 68.2 Å². The summed E-state index contributed by atoms with van der Waals surface area (Å²) in [5, 5.41) is 3.06. The fraction of sp³-hybridized carbons (Fsp3) is 0.433. The minimum Gasteiger partial charge on any atom is -0.431 e. The fourth-order valence-corrected chi connectivity index (χ4v) is 5.87. The first-order chi connectivity index (χ1) is 19.6. The maximum Gasteiger partial charge on any atom is 0.308 e. The van der Waals surface area contributed by atoms with Gasteiger partial charge in [0.25, 0.3) is 5.91 Å². The summed E-state index contributed by atoms with van der Waals surface area (Å²) in [5.41, 5.74) is 1.61. The van der Waals surface area contributed by atoms with E-state index in [0.29, 0.717) is 28.5 Å². The highest BCUT2D eigenvalue weighted by Crippen LogP contribution is 2.34. The van der Waals surface area contributed by atoms with E-state index in [1.165, 1.54) is 0 Å². The molecule has 0 radical (unpaired) electrons. The molecule has 6 nitrogen and oxygen atoms in total. The van der Waals surface area contributed by atoms with Gasteiger partial charge in [-0.3, -0.25) is 9.59 Å². The van der Waals surface area contributed by atoms with Crippen molar-refractivity contribution in [3.8, 4) is 0 Å². The molecule has 41 heavy (non-hydrogen) atoms. The largest absolute Gasteiger partial charge is 0.431 e. The average molecular weight is 655 g/mol. The predicted molar refractivity (Wildman–Crippen MR) is 157 cm³/mol. The summed E-state index contributed by atoms with van der Waals surface area (Å²) in [5.74, 6) is -3.01. The van der Waals surface area contributed by atoms with Crippen LogP contribution in [0.25, 0.3) is 10.9 Å². The second-order valence-electron chi connectivity index (χ2n) is 10.2. The summed E-state index contributed by atoms with van der Waals surface area (Å²) in [7, 11) is 0. The molecule has 1 fully saturated rings. The highest BCUT2D eigenvalue weighted by atomic mass is 79.9. The summed E-state index contributed by atoms with van der Waals surface area (Å²) >= 11 is 9.63. The highest BCUT2D eigenvalue weighted by molar-refractivity contribution is 9.10. The number of carbonyl (C=O) groups is 2. The lowest BCUT2D eigenvalue weighted by Crippen LogP contribution is -2.31. The molecular weight excluding hydrogens is 623 g/mol. The molecule has 1 amide bonds. The van der Waals surface area contributed by atoms with Gasteiger partial charge in [0.2, 0.25) is 6.36 Å². The number of hydrogen-bond acceptors (Lipinski definition) is 5. The van der Waals surface area contributed by atoms with Crippen LogP contribution in [0.1, 0.15) is 72.9 Å². The predicted octanol–water partition coefficient (Wildman–Crippen LogP) is 7.77. The van der Waals surface area contributed by atoms with Crippen molar-refractivity contribution in [3.63, 3.8) is 0 Å². The maximum absolute atomic E-state index is 14.9. The van der Waals surface area contributed by atoms with Gasteiger partial charge in [-0.05, 0) is 62.9 Å². The standard InChI is InChI=1S/C30H32BrClF3N3O3/c1-3-6-24(35)41-25(39)12-7-18(27-21(33)9-10-22(34)28(27)32)16-36-30(40)26-17(2)29(38-13-4-5-14-38)37-23-11-8-19(31)15-20(23)26/h8-11,15,18,24H,3-7,12-14,16H2,1-2H3,(H,36,40).